The molecule has 2 atom stereocenters. The van der Waals surface area contributed by atoms with Gasteiger partial charge in [0.15, 0.2) is 0 Å². The number of nitrogens with two attached hydrogens (primary N) is 1. The number of benzene rings is 1. The lowest BCUT2D eigenvalue weighted by Gasteiger charge is -2.34. The number of carbonyl (C=O) groups is 1. The number of morpholine rings is 1. The van der Waals surface area contributed by atoms with E-state index in [2.05, 4.69) is 0 Å². The van der Waals surface area contributed by atoms with Crippen molar-refractivity contribution in [2.24, 2.45) is 5.73 Å². The van der Waals surface area contributed by atoms with Crippen molar-refractivity contribution < 1.29 is 17.9 Å². The number of nitrogens with zero attached hydrogens (tertiary/aromatic N) is 1. The van der Waals surface area contributed by atoms with Crippen molar-refractivity contribution in [2.75, 3.05) is 13.1 Å². The maximum Gasteiger partial charge on any atom is 0.248 e. The Morgan fingerprint density at radius 1 is 1.30 bits per heavy atom. The minimum atomic E-state index is -3.64. The number of sulfonamides is 1. The van der Waals surface area contributed by atoms with E-state index in [0.29, 0.717) is 13.1 Å². The van der Waals surface area contributed by atoms with E-state index in [4.69, 9.17) is 10.5 Å². The second-order valence-electron chi connectivity index (χ2n) is 4.97. The largest absolute Gasteiger partial charge is 0.373 e. The van der Waals surface area contributed by atoms with Gasteiger partial charge in [0.1, 0.15) is 0 Å². The minimum absolute atomic E-state index is 0.0788. The van der Waals surface area contributed by atoms with Crippen LogP contribution in [0.3, 0.4) is 0 Å². The van der Waals surface area contributed by atoms with Crippen molar-refractivity contribution in [3.8, 4) is 0 Å². The van der Waals surface area contributed by atoms with Crippen molar-refractivity contribution in [2.45, 2.75) is 31.0 Å². The Bertz CT molecular complexity index is 605. The van der Waals surface area contributed by atoms with Crippen LogP contribution in [0.5, 0.6) is 0 Å². The first-order valence-corrected chi connectivity index (χ1v) is 7.80. The highest BCUT2D eigenvalue weighted by molar-refractivity contribution is 7.89. The average molecular weight is 298 g/mol. The van der Waals surface area contributed by atoms with Gasteiger partial charge < -0.3 is 10.5 Å². The molecule has 1 aliphatic rings. The van der Waals surface area contributed by atoms with Crippen LogP contribution in [0.2, 0.25) is 0 Å². The van der Waals surface area contributed by atoms with Crippen molar-refractivity contribution in [1.82, 2.24) is 4.31 Å². The molecule has 1 heterocycles. The first kappa shape index (κ1) is 15.0. The Morgan fingerprint density at radius 3 is 2.45 bits per heavy atom. The SMILES string of the molecule is C[C@H]1CN(S(=O)(=O)c2cccc(C(N)=O)c2)C[C@H](C)O1. The molecular formula is C13H18N2O4S. The Morgan fingerprint density at radius 2 is 1.90 bits per heavy atom. The van der Waals surface area contributed by atoms with Crippen molar-refractivity contribution >= 4 is 15.9 Å². The molecule has 2 rings (SSSR count). The number of ether oxygens (including phenoxy) is 1. The van der Waals surface area contributed by atoms with E-state index in [9.17, 15) is 13.2 Å². The molecular weight excluding hydrogens is 280 g/mol. The predicted molar refractivity (Wildman–Crippen MR) is 73.7 cm³/mol. The fourth-order valence-corrected chi connectivity index (χ4v) is 3.92. The third-order valence-electron chi connectivity index (χ3n) is 3.14. The van der Waals surface area contributed by atoms with Crippen LogP contribution < -0.4 is 5.73 Å². The van der Waals surface area contributed by atoms with Crippen LogP contribution in [0.1, 0.15) is 24.2 Å². The summed E-state index contributed by atoms with van der Waals surface area (Å²) in [6, 6.07) is 5.78. The summed E-state index contributed by atoms with van der Waals surface area (Å²) in [5.74, 6) is -0.647. The summed E-state index contributed by atoms with van der Waals surface area (Å²) in [5.41, 5.74) is 5.36. The van der Waals surface area contributed by atoms with Gasteiger partial charge in [-0.3, -0.25) is 4.79 Å². The molecule has 1 aliphatic heterocycles. The average Bonchev–Trinajstić information content (AvgIpc) is 2.37. The molecule has 7 heteroatoms. The second kappa shape index (κ2) is 5.51. The smallest absolute Gasteiger partial charge is 0.248 e. The van der Waals surface area contributed by atoms with E-state index in [1.807, 2.05) is 13.8 Å². The van der Waals surface area contributed by atoms with Gasteiger partial charge in [0.25, 0.3) is 0 Å². The Labute approximate surface area is 118 Å². The van der Waals surface area contributed by atoms with Crippen molar-refractivity contribution in [3.63, 3.8) is 0 Å². The summed E-state index contributed by atoms with van der Waals surface area (Å²) in [7, 11) is -3.64. The van der Waals surface area contributed by atoms with Crippen LogP contribution in [0.15, 0.2) is 29.2 Å². The van der Waals surface area contributed by atoms with E-state index in [1.165, 1.54) is 28.6 Å². The number of amides is 1. The molecule has 0 bridgehead atoms. The lowest BCUT2D eigenvalue weighted by atomic mass is 10.2. The highest BCUT2D eigenvalue weighted by atomic mass is 32.2. The summed E-state index contributed by atoms with van der Waals surface area (Å²) >= 11 is 0. The summed E-state index contributed by atoms with van der Waals surface area (Å²) in [6.45, 7) is 4.26. The molecule has 1 saturated heterocycles. The first-order chi connectivity index (χ1) is 9.30. The van der Waals surface area contributed by atoms with E-state index >= 15 is 0 Å². The zero-order valence-corrected chi connectivity index (χ0v) is 12.3. The van der Waals surface area contributed by atoms with E-state index in [0.717, 1.165) is 0 Å². The number of carbonyl (C=O) groups excluding carboxylic acids is 1. The van der Waals surface area contributed by atoms with E-state index in [-0.39, 0.29) is 22.7 Å². The predicted octanol–water partition coefficient (Wildman–Crippen LogP) is 0.583. The number of rotatable bonds is 3. The van der Waals surface area contributed by atoms with Gasteiger partial charge in [0, 0.05) is 18.7 Å². The summed E-state index contributed by atoms with van der Waals surface area (Å²) in [6.07, 6.45) is -0.319. The van der Waals surface area contributed by atoms with Gasteiger partial charge in [-0.05, 0) is 32.0 Å². The quantitative estimate of drug-likeness (QED) is 0.884. The Balaban J connectivity index is 2.34. The Kier molecular flexibility index (Phi) is 4.12. The monoisotopic (exact) mass is 298 g/mol. The maximum atomic E-state index is 12.6. The topological polar surface area (TPSA) is 89.7 Å². The Hall–Kier alpha value is -1.44. The molecule has 0 aliphatic carbocycles. The summed E-state index contributed by atoms with van der Waals surface area (Å²) < 4.78 is 32.1. The molecule has 110 valence electrons. The van der Waals surface area contributed by atoms with Gasteiger partial charge in [-0.2, -0.15) is 4.31 Å². The lowest BCUT2D eigenvalue weighted by Crippen LogP contribution is -2.48. The van der Waals surface area contributed by atoms with Crippen molar-refractivity contribution in [1.29, 1.82) is 0 Å². The van der Waals surface area contributed by atoms with Crippen LogP contribution in [0.25, 0.3) is 0 Å². The van der Waals surface area contributed by atoms with Crippen LogP contribution >= 0.6 is 0 Å². The molecule has 2 N–H and O–H groups in total. The van der Waals surface area contributed by atoms with Gasteiger partial charge in [-0.1, -0.05) is 6.07 Å². The number of hydrogen-bond acceptors (Lipinski definition) is 4. The van der Waals surface area contributed by atoms with Crippen LogP contribution in [0, 0.1) is 0 Å². The van der Waals surface area contributed by atoms with Gasteiger partial charge in [-0.25, -0.2) is 8.42 Å². The second-order valence-corrected chi connectivity index (χ2v) is 6.91. The molecule has 0 unspecified atom stereocenters. The first-order valence-electron chi connectivity index (χ1n) is 6.36. The fraction of sp³-hybridized carbons (Fsp3) is 0.462. The van der Waals surface area contributed by atoms with E-state index < -0.39 is 15.9 Å². The van der Waals surface area contributed by atoms with Crippen LogP contribution in [-0.2, 0) is 14.8 Å². The lowest BCUT2D eigenvalue weighted by molar-refractivity contribution is -0.0440. The molecule has 6 nitrogen and oxygen atoms in total. The normalized spacial score (nSPS) is 24.5. The molecule has 0 aromatic heterocycles. The van der Waals surface area contributed by atoms with E-state index in [1.54, 1.807) is 0 Å². The molecule has 0 saturated carbocycles. The third-order valence-corrected chi connectivity index (χ3v) is 4.97. The molecule has 0 spiro atoms. The zero-order valence-electron chi connectivity index (χ0n) is 11.4. The highest BCUT2D eigenvalue weighted by Gasteiger charge is 2.32. The fourth-order valence-electron chi connectivity index (χ4n) is 2.29. The molecule has 20 heavy (non-hydrogen) atoms. The van der Waals surface area contributed by atoms with Crippen LogP contribution in [0.4, 0.5) is 0 Å². The summed E-state index contributed by atoms with van der Waals surface area (Å²) in [5, 5.41) is 0. The molecule has 1 aromatic carbocycles. The van der Waals surface area contributed by atoms with Gasteiger partial charge in [0.2, 0.25) is 15.9 Å². The van der Waals surface area contributed by atoms with Gasteiger partial charge in [0.05, 0.1) is 17.1 Å². The summed E-state index contributed by atoms with van der Waals surface area (Å²) in [4.78, 5) is 11.2. The van der Waals surface area contributed by atoms with Crippen LogP contribution in [-0.4, -0.2) is 43.9 Å². The zero-order chi connectivity index (χ0) is 14.9. The standard InChI is InChI=1S/C13H18N2O4S/c1-9-7-15(8-10(2)19-9)20(17,18)12-5-3-4-11(6-12)13(14)16/h3-6,9-10H,7-8H2,1-2H3,(H2,14,16)/t9-,10-/m0/s1. The van der Waals surface area contributed by atoms with Gasteiger partial charge >= 0.3 is 0 Å². The molecule has 1 aromatic rings. The maximum absolute atomic E-state index is 12.6. The number of hydrogen-bond donors (Lipinski definition) is 1. The molecule has 1 fully saturated rings. The van der Waals surface area contributed by atoms with Crippen molar-refractivity contribution in [3.05, 3.63) is 29.8 Å². The third kappa shape index (κ3) is 3.00. The highest BCUT2D eigenvalue weighted by Crippen LogP contribution is 2.21. The molecule has 0 radical (unpaired) electrons. The van der Waals surface area contributed by atoms with Gasteiger partial charge in [-0.15, -0.1) is 0 Å². The number of primary amides is 1. The molecule has 1 amide bonds. The minimum Gasteiger partial charge on any atom is -0.373 e.